The minimum atomic E-state index is 0.222. The predicted octanol–water partition coefficient (Wildman–Crippen LogP) is 8.40. The van der Waals surface area contributed by atoms with Crippen LogP contribution in [0.5, 0.6) is 5.75 Å². The van der Waals surface area contributed by atoms with E-state index in [1.165, 1.54) is 45.6 Å². The van der Waals surface area contributed by atoms with Crippen molar-refractivity contribution in [2.45, 2.75) is 65.7 Å². The normalized spacial score (nSPS) is 21.3. The van der Waals surface area contributed by atoms with E-state index in [0.29, 0.717) is 16.9 Å². The average Bonchev–Trinajstić information content (AvgIpc) is 3.48. The number of phenols is 1. The Hall–Kier alpha value is -2.97. The molecule has 2 aliphatic rings. The summed E-state index contributed by atoms with van der Waals surface area (Å²) in [7, 11) is 2.18. The highest BCUT2D eigenvalue weighted by Crippen LogP contribution is 2.59. The quantitative estimate of drug-likeness (QED) is 0.160. The molecule has 1 aromatic carbocycles. The fraction of sp³-hybridized carbons (Fsp3) is 0.514. The SMILES string of the molecule is C=CCC(CC=C)CC1(CC)C[C@@H]1C.CC=O.CN1CCCC(CNc2cc(-c3ccccc3O)nc3c(Br)cnn23)C1. The minimum Gasteiger partial charge on any atom is -0.507 e. The molecule has 0 bridgehead atoms. The molecule has 2 aromatic heterocycles. The number of phenolic OH excluding ortho intramolecular Hbond substituents is 1. The molecule has 234 valence electrons. The van der Waals surface area contributed by atoms with Crippen molar-refractivity contribution in [3.8, 4) is 17.0 Å². The molecule has 1 saturated heterocycles. The number of rotatable bonds is 11. The highest BCUT2D eigenvalue weighted by Gasteiger charge is 2.49. The first kappa shape index (κ1) is 34.5. The van der Waals surface area contributed by atoms with Gasteiger partial charge in [-0.15, -0.1) is 13.2 Å². The molecule has 0 amide bonds. The van der Waals surface area contributed by atoms with Gasteiger partial charge in [0.1, 0.15) is 17.9 Å². The highest BCUT2D eigenvalue weighted by molar-refractivity contribution is 9.10. The number of allylic oxidation sites excluding steroid dienone is 2. The van der Waals surface area contributed by atoms with E-state index < -0.39 is 0 Å². The second kappa shape index (κ2) is 16.8. The van der Waals surface area contributed by atoms with Crippen LogP contribution in [-0.2, 0) is 4.79 Å². The summed E-state index contributed by atoms with van der Waals surface area (Å²) in [5.74, 6) is 3.45. The van der Waals surface area contributed by atoms with Crippen LogP contribution in [0, 0.1) is 23.2 Å². The molecule has 43 heavy (non-hydrogen) atoms. The maximum atomic E-state index is 10.2. The van der Waals surface area contributed by atoms with Crippen LogP contribution in [0.15, 0.2) is 66.3 Å². The van der Waals surface area contributed by atoms with E-state index in [-0.39, 0.29) is 5.75 Å². The lowest BCUT2D eigenvalue weighted by Crippen LogP contribution is -2.35. The summed E-state index contributed by atoms with van der Waals surface area (Å²) in [5, 5.41) is 18.2. The van der Waals surface area contributed by atoms with Gasteiger partial charge in [0.2, 0.25) is 0 Å². The Bertz CT molecular complexity index is 1330. The molecule has 8 heteroatoms. The smallest absolute Gasteiger partial charge is 0.172 e. The van der Waals surface area contributed by atoms with Crippen LogP contribution in [-0.4, -0.2) is 57.6 Å². The van der Waals surface area contributed by atoms with Crippen molar-refractivity contribution >= 4 is 33.7 Å². The lowest BCUT2D eigenvalue weighted by atomic mass is 9.84. The third kappa shape index (κ3) is 9.51. The van der Waals surface area contributed by atoms with Gasteiger partial charge in [-0.3, -0.25) is 0 Å². The van der Waals surface area contributed by atoms with Crippen molar-refractivity contribution in [3.05, 3.63) is 66.3 Å². The zero-order valence-electron chi connectivity index (χ0n) is 26.4. The van der Waals surface area contributed by atoms with E-state index in [2.05, 4.69) is 82.4 Å². The summed E-state index contributed by atoms with van der Waals surface area (Å²) in [6.07, 6.45) is 15.6. The lowest BCUT2D eigenvalue weighted by Gasteiger charge is -2.30. The number of nitrogens with one attached hydrogen (secondary N) is 1. The first-order chi connectivity index (χ1) is 20.7. The Morgan fingerprint density at radius 1 is 1.26 bits per heavy atom. The van der Waals surface area contributed by atoms with E-state index in [0.717, 1.165) is 65.7 Å². The van der Waals surface area contributed by atoms with Crippen molar-refractivity contribution in [2.75, 3.05) is 32.0 Å². The number of anilines is 1. The number of nitrogens with zero attached hydrogens (tertiary/aromatic N) is 4. The molecule has 2 unspecified atom stereocenters. The van der Waals surface area contributed by atoms with Gasteiger partial charge in [0, 0.05) is 24.7 Å². The van der Waals surface area contributed by atoms with Crippen molar-refractivity contribution in [1.82, 2.24) is 19.5 Å². The molecule has 2 fully saturated rings. The molecule has 3 heterocycles. The van der Waals surface area contributed by atoms with Crippen molar-refractivity contribution < 1.29 is 9.90 Å². The fourth-order valence-corrected chi connectivity index (χ4v) is 6.71. The van der Waals surface area contributed by atoms with Gasteiger partial charge in [-0.05, 0) is 110 Å². The molecule has 1 aliphatic heterocycles. The van der Waals surface area contributed by atoms with Gasteiger partial charge in [0.05, 0.1) is 16.4 Å². The predicted molar refractivity (Wildman–Crippen MR) is 182 cm³/mol. The average molecular weight is 653 g/mol. The maximum absolute atomic E-state index is 10.2. The standard InChI is InChI=1S/C19H22BrN5O.C14H24.C2H4O/c1-24-8-4-5-13(12-24)10-21-18-9-16(14-6-2-3-7-17(14)26)23-19-15(20)11-22-25(18)19;1-5-8-13(9-6-2)11-14(7-3)10-12(14)4;1-2-3/h2-3,6-7,9,11,13,21,26H,4-5,8,10,12H2,1H3;5-6,12-13H,1-2,7-11H2,3-4H3;2H,1H3/t;12-,14?;/m.0./s1. The number of aromatic hydroxyl groups is 1. The summed E-state index contributed by atoms with van der Waals surface area (Å²) >= 11 is 3.52. The molecular formula is C35H50BrN5O2. The number of hydrogen-bond acceptors (Lipinski definition) is 6. The van der Waals surface area contributed by atoms with E-state index in [4.69, 9.17) is 4.79 Å². The molecule has 2 N–H and O–H groups in total. The molecule has 5 rings (SSSR count). The topological polar surface area (TPSA) is 82.8 Å². The fourth-order valence-electron chi connectivity index (χ4n) is 6.36. The van der Waals surface area contributed by atoms with Crippen LogP contribution < -0.4 is 5.32 Å². The molecule has 0 radical (unpaired) electrons. The molecule has 1 saturated carbocycles. The van der Waals surface area contributed by atoms with Crippen LogP contribution in [0.4, 0.5) is 5.82 Å². The molecule has 0 spiro atoms. The van der Waals surface area contributed by atoms with E-state index in [9.17, 15) is 5.11 Å². The third-order valence-electron chi connectivity index (χ3n) is 8.90. The summed E-state index contributed by atoms with van der Waals surface area (Å²) < 4.78 is 2.63. The molecular weight excluding hydrogens is 602 g/mol. The molecule has 3 atom stereocenters. The number of aldehydes is 1. The number of carbonyl (C=O) groups excluding carboxylic acids is 1. The summed E-state index contributed by atoms with van der Waals surface area (Å²) in [5.41, 5.74) is 2.84. The number of piperidine rings is 1. The number of likely N-dealkylation sites (tertiary alicyclic amines) is 1. The van der Waals surface area contributed by atoms with Crippen molar-refractivity contribution in [3.63, 3.8) is 0 Å². The van der Waals surface area contributed by atoms with Crippen LogP contribution >= 0.6 is 15.9 Å². The molecule has 3 aromatic rings. The van der Waals surface area contributed by atoms with Crippen LogP contribution in [0.2, 0.25) is 0 Å². The Morgan fingerprint density at radius 2 is 1.93 bits per heavy atom. The number of halogens is 1. The summed E-state index contributed by atoms with van der Waals surface area (Å²) in [4.78, 5) is 15.9. The van der Waals surface area contributed by atoms with Crippen LogP contribution in [0.3, 0.4) is 0 Å². The van der Waals surface area contributed by atoms with Gasteiger partial charge in [-0.25, -0.2) is 4.98 Å². The van der Waals surface area contributed by atoms with E-state index in [1.54, 1.807) is 16.8 Å². The van der Waals surface area contributed by atoms with Gasteiger partial charge >= 0.3 is 0 Å². The number of para-hydroxylation sites is 1. The molecule has 7 nitrogen and oxygen atoms in total. The zero-order valence-corrected chi connectivity index (χ0v) is 28.0. The minimum absolute atomic E-state index is 0.222. The van der Waals surface area contributed by atoms with Crippen LogP contribution in [0.1, 0.15) is 65.7 Å². The first-order valence-electron chi connectivity index (χ1n) is 15.6. The number of aromatic nitrogens is 3. The summed E-state index contributed by atoms with van der Waals surface area (Å²) in [6, 6.07) is 9.21. The maximum Gasteiger partial charge on any atom is 0.172 e. The van der Waals surface area contributed by atoms with Gasteiger partial charge in [-0.1, -0.05) is 44.6 Å². The van der Waals surface area contributed by atoms with E-state index in [1.807, 2.05) is 24.3 Å². The number of benzene rings is 1. The Kier molecular flexibility index (Phi) is 13.5. The lowest BCUT2D eigenvalue weighted by molar-refractivity contribution is -0.106. The number of carbonyl (C=O) groups is 1. The zero-order chi connectivity index (χ0) is 31.4. The second-order valence-electron chi connectivity index (χ2n) is 12.1. The van der Waals surface area contributed by atoms with Crippen LogP contribution in [0.25, 0.3) is 16.9 Å². The van der Waals surface area contributed by atoms with Gasteiger partial charge in [0.15, 0.2) is 5.65 Å². The monoisotopic (exact) mass is 651 g/mol. The number of fused-ring (bicyclic) bond motifs is 1. The van der Waals surface area contributed by atoms with Gasteiger partial charge < -0.3 is 20.1 Å². The Morgan fingerprint density at radius 3 is 2.51 bits per heavy atom. The largest absolute Gasteiger partial charge is 0.507 e. The number of hydrogen-bond donors (Lipinski definition) is 2. The first-order valence-corrected chi connectivity index (χ1v) is 16.4. The van der Waals surface area contributed by atoms with Crippen molar-refractivity contribution in [2.24, 2.45) is 23.2 Å². The second-order valence-corrected chi connectivity index (χ2v) is 13.0. The van der Waals surface area contributed by atoms with E-state index >= 15 is 0 Å². The molecule has 1 aliphatic carbocycles. The Labute approximate surface area is 266 Å². The third-order valence-corrected chi connectivity index (χ3v) is 9.46. The highest BCUT2D eigenvalue weighted by atomic mass is 79.9. The Balaban J connectivity index is 0.000000252. The van der Waals surface area contributed by atoms with Crippen molar-refractivity contribution in [1.29, 1.82) is 0 Å². The van der Waals surface area contributed by atoms with Gasteiger partial charge in [-0.2, -0.15) is 9.61 Å². The summed E-state index contributed by atoms with van der Waals surface area (Å²) in [6.45, 7) is 17.0. The van der Waals surface area contributed by atoms with Gasteiger partial charge in [0.25, 0.3) is 0 Å².